The molecule has 4 rings (SSSR count). The van der Waals surface area contributed by atoms with Gasteiger partial charge in [0.25, 0.3) is 5.56 Å². The fourth-order valence-electron chi connectivity index (χ4n) is 2.91. The third-order valence-corrected chi connectivity index (χ3v) is 4.16. The summed E-state index contributed by atoms with van der Waals surface area (Å²) in [5.74, 6) is -0.461. The summed E-state index contributed by atoms with van der Waals surface area (Å²) in [4.78, 5) is 26.3. The van der Waals surface area contributed by atoms with Crippen molar-refractivity contribution in [2.45, 2.75) is 6.42 Å². The van der Waals surface area contributed by atoms with Crippen molar-refractivity contribution < 1.29 is 4.79 Å². The van der Waals surface area contributed by atoms with E-state index in [-0.39, 0.29) is 5.56 Å². The fourth-order valence-corrected chi connectivity index (χ4v) is 2.91. The molecule has 0 aliphatic heterocycles. The van der Waals surface area contributed by atoms with Gasteiger partial charge < -0.3 is 15.1 Å². The van der Waals surface area contributed by atoms with Gasteiger partial charge in [0, 0.05) is 47.4 Å². The Kier molecular flexibility index (Phi) is 3.46. The van der Waals surface area contributed by atoms with Crippen molar-refractivity contribution in [3.05, 3.63) is 82.3 Å². The van der Waals surface area contributed by atoms with Crippen LogP contribution in [0.25, 0.3) is 16.6 Å². The van der Waals surface area contributed by atoms with E-state index in [1.54, 1.807) is 36.8 Å². The Balaban J connectivity index is 1.80. The Hall–Kier alpha value is -3.61. The van der Waals surface area contributed by atoms with Crippen LogP contribution in [0.4, 0.5) is 0 Å². The minimum Gasteiger partial charge on any atom is -0.366 e. The first-order valence-electron chi connectivity index (χ1n) is 7.72. The summed E-state index contributed by atoms with van der Waals surface area (Å²) in [6.45, 7) is 0. The van der Waals surface area contributed by atoms with Crippen LogP contribution in [0.15, 0.2) is 59.9 Å². The molecule has 0 aliphatic rings. The molecule has 3 aromatic heterocycles. The predicted molar refractivity (Wildman–Crippen MR) is 93.4 cm³/mol. The molecule has 7 nitrogen and oxygen atoms in total. The molecular weight excluding hydrogens is 318 g/mol. The molecule has 0 unspecified atom stereocenters. The molecule has 1 aromatic carbocycles. The van der Waals surface area contributed by atoms with Crippen LogP contribution in [-0.2, 0) is 6.42 Å². The average Bonchev–Trinajstić information content (AvgIpc) is 3.27. The zero-order valence-electron chi connectivity index (χ0n) is 13.2. The number of nitrogens with zero attached hydrogens (tertiary/aromatic N) is 2. The summed E-state index contributed by atoms with van der Waals surface area (Å²) in [5.41, 5.74) is 9.83. The van der Waals surface area contributed by atoms with Gasteiger partial charge in [-0.05, 0) is 23.8 Å². The highest BCUT2D eigenvalue weighted by molar-refractivity contribution is 5.92. The lowest BCUT2D eigenvalue weighted by atomic mass is 10.1. The van der Waals surface area contributed by atoms with E-state index in [0.717, 1.165) is 22.4 Å². The van der Waals surface area contributed by atoms with Crippen molar-refractivity contribution >= 4 is 11.4 Å². The van der Waals surface area contributed by atoms with Crippen LogP contribution in [0.5, 0.6) is 0 Å². The third-order valence-electron chi connectivity index (χ3n) is 4.16. The van der Waals surface area contributed by atoms with E-state index in [0.29, 0.717) is 17.5 Å². The van der Waals surface area contributed by atoms with Gasteiger partial charge in [0.05, 0.1) is 6.20 Å². The van der Waals surface area contributed by atoms with Crippen LogP contribution < -0.4 is 11.3 Å². The largest absolute Gasteiger partial charge is 0.366 e. The van der Waals surface area contributed by atoms with Gasteiger partial charge >= 0.3 is 0 Å². The molecule has 0 spiro atoms. The maximum Gasteiger partial charge on any atom is 0.272 e. The first-order chi connectivity index (χ1) is 12.1. The molecule has 4 N–H and O–H groups in total. The quantitative estimate of drug-likeness (QED) is 0.529. The lowest BCUT2D eigenvalue weighted by Gasteiger charge is -2.07. The summed E-state index contributed by atoms with van der Waals surface area (Å²) in [6, 6.07) is 8.99. The molecule has 1 amide bonds. The number of aromatic nitrogens is 4. The zero-order chi connectivity index (χ0) is 17.4. The molecule has 3 heterocycles. The number of aromatic amines is 2. The van der Waals surface area contributed by atoms with E-state index < -0.39 is 5.91 Å². The fraction of sp³-hybridized carbons (Fsp3) is 0.0556. The van der Waals surface area contributed by atoms with Gasteiger partial charge in [0.15, 0.2) is 0 Å². The molecule has 124 valence electrons. The molecule has 0 saturated carbocycles. The van der Waals surface area contributed by atoms with Crippen molar-refractivity contribution in [2.24, 2.45) is 5.73 Å². The van der Waals surface area contributed by atoms with Crippen LogP contribution in [0.3, 0.4) is 0 Å². The third kappa shape index (κ3) is 2.72. The Morgan fingerprint density at radius 2 is 2.08 bits per heavy atom. The number of fused-ring (bicyclic) bond motifs is 1. The van der Waals surface area contributed by atoms with Gasteiger partial charge in [0.2, 0.25) is 5.91 Å². The second kappa shape index (κ2) is 5.79. The van der Waals surface area contributed by atoms with E-state index in [1.807, 2.05) is 22.7 Å². The maximum absolute atomic E-state index is 12.1. The highest BCUT2D eigenvalue weighted by Crippen LogP contribution is 2.21. The molecule has 0 fully saturated rings. The number of carbonyl (C=O) groups is 1. The summed E-state index contributed by atoms with van der Waals surface area (Å²) in [7, 11) is 0. The highest BCUT2D eigenvalue weighted by atomic mass is 16.1. The lowest BCUT2D eigenvalue weighted by molar-refractivity contribution is 0.1000. The smallest absolute Gasteiger partial charge is 0.272 e. The molecule has 25 heavy (non-hydrogen) atoms. The van der Waals surface area contributed by atoms with Crippen LogP contribution in [0.1, 0.15) is 21.6 Å². The Morgan fingerprint density at radius 3 is 2.84 bits per heavy atom. The molecule has 0 aliphatic carbocycles. The standard InChI is InChI=1S/C18H15N5O2/c19-17(24)12-3-1-2-11(4-12)5-15-9-20-18(25)16-6-13(10-23(15)16)14-7-21-22-8-14/h1-4,6-10H,5H2,(H2,19,24)(H,20,25)(H,21,22). The molecule has 0 radical (unpaired) electrons. The Labute approximate surface area is 142 Å². The molecule has 4 aromatic rings. The SMILES string of the molecule is NC(=O)c1cccc(Cc2c[nH]c(=O)c3cc(-c4cn[nH]c4)cn23)c1. The number of benzene rings is 1. The zero-order valence-corrected chi connectivity index (χ0v) is 13.2. The number of nitrogens with two attached hydrogens (primary N) is 1. The monoisotopic (exact) mass is 333 g/mol. The van der Waals surface area contributed by atoms with E-state index in [1.165, 1.54) is 0 Å². The molecular formula is C18H15N5O2. The number of amides is 1. The number of rotatable bonds is 4. The minimum absolute atomic E-state index is 0.163. The van der Waals surface area contributed by atoms with Crippen molar-refractivity contribution in [3.8, 4) is 11.1 Å². The van der Waals surface area contributed by atoms with Gasteiger partial charge in [0.1, 0.15) is 5.52 Å². The number of carbonyl (C=O) groups excluding carboxylic acids is 1. The van der Waals surface area contributed by atoms with Crippen molar-refractivity contribution in [1.82, 2.24) is 19.6 Å². The lowest BCUT2D eigenvalue weighted by Crippen LogP contribution is -2.13. The Bertz CT molecular complexity index is 1120. The van der Waals surface area contributed by atoms with E-state index >= 15 is 0 Å². The van der Waals surface area contributed by atoms with Crippen molar-refractivity contribution in [2.75, 3.05) is 0 Å². The van der Waals surface area contributed by atoms with Gasteiger partial charge in [-0.15, -0.1) is 0 Å². The van der Waals surface area contributed by atoms with Crippen LogP contribution in [0, 0.1) is 0 Å². The van der Waals surface area contributed by atoms with Crippen LogP contribution in [-0.4, -0.2) is 25.5 Å². The number of hydrogen-bond acceptors (Lipinski definition) is 3. The van der Waals surface area contributed by atoms with Crippen molar-refractivity contribution in [3.63, 3.8) is 0 Å². The minimum atomic E-state index is -0.461. The number of hydrogen-bond donors (Lipinski definition) is 3. The summed E-state index contributed by atoms with van der Waals surface area (Å²) < 4.78 is 1.86. The molecule has 0 saturated heterocycles. The average molecular weight is 333 g/mol. The molecule has 0 atom stereocenters. The maximum atomic E-state index is 12.1. The van der Waals surface area contributed by atoms with Gasteiger partial charge in [-0.25, -0.2) is 0 Å². The summed E-state index contributed by atoms with van der Waals surface area (Å²) in [5, 5.41) is 6.71. The number of primary amides is 1. The Morgan fingerprint density at radius 1 is 1.20 bits per heavy atom. The van der Waals surface area contributed by atoms with Crippen molar-refractivity contribution in [1.29, 1.82) is 0 Å². The second-order valence-corrected chi connectivity index (χ2v) is 5.82. The summed E-state index contributed by atoms with van der Waals surface area (Å²) in [6.07, 6.45) is 7.62. The topological polar surface area (TPSA) is 109 Å². The van der Waals surface area contributed by atoms with E-state index in [4.69, 9.17) is 5.73 Å². The van der Waals surface area contributed by atoms with Gasteiger partial charge in [-0.1, -0.05) is 12.1 Å². The molecule has 7 heteroatoms. The highest BCUT2D eigenvalue weighted by Gasteiger charge is 2.11. The first kappa shape index (κ1) is 14.9. The first-order valence-corrected chi connectivity index (χ1v) is 7.72. The van der Waals surface area contributed by atoms with Gasteiger partial charge in [-0.3, -0.25) is 14.7 Å². The van der Waals surface area contributed by atoms with E-state index in [2.05, 4.69) is 15.2 Å². The van der Waals surface area contributed by atoms with Crippen LogP contribution in [0.2, 0.25) is 0 Å². The predicted octanol–water partition coefficient (Wildman–Crippen LogP) is 1.71. The summed E-state index contributed by atoms with van der Waals surface area (Å²) >= 11 is 0. The second-order valence-electron chi connectivity index (χ2n) is 5.82. The van der Waals surface area contributed by atoms with Gasteiger partial charge in [-0.2, -0.15) is 5.10 Å². The number of nitrogens with one attached hydrogen (secondary N) is 2. The number of H-pyrrole nitrogens is 2. The normalized spacial score (nSPS) is 11.0. The molecule has 0 bridgehead atoms. The van der Waals surface area contributed by atoms with Crippen LogP contribution >= 0.6 is 0 Å². The van der Waals surface area contributed by atoms with E-state index in [9.17, 15) is 9.59 Å².